The highest BCUT2D eigenvalue weighted by Gasteiger charge is 2.22. The normalized spacial score (nSPS) is 12.0. The summed E-state index contributed by atoms with van der Waals surface area (Å²) in [6.45, 7) is 0.368. The number of hydrogen-bond donors (Lipinski definition) is 0. The molecule has 0 bridgehead atoms. The Bertz CT molecular complexity index is 680. The molecule has 20 heavy (non-hydrogen) atoms. The second-order valence-electron chi connectivity index (χ2n) is 4.17. The summed E-state index contributed by atoms with van der Waals surface area (Å²) in [6.07, 6.45) is 2.01. The SMILES string of the molecule is CSc1ccc(CN(C)S(=O)(=O)c2ccc(Br)s2)cc1. The summed E-state index contributed by atoms with van der Waals surface area (Å²) in [4.78, 5) is 1.17. The Balaban J connectivity index is 2.16. The number of hydrogen-bond acceptors (Lipinski definition) is 4. The molecule has 0 saturated carbocycles. The second-order valence-corrected chi connectivity index (χ2v) is 9.78. The molecule has 1 heterocycles. The smallest absolute Gasteiger partial charge is 0.206 e. The lowest BCUT2D eigenvalue weighted by molar-refractivity contribution is 0.468. The molecule has 0 atom stereocenters. The van der Waals surface area contributed by atoms with Gasteiger partial charge in [-0.2, -0.15) is 4.31 Å². The molecule has 108 valence electrons. The lowest BCUT2D eigenvalue weighted by Crippen LogP contribution is -2.25. The maximum Gasteiger partial charge on any atom is 0.252 e. The number of rotatable bonds is 5. The molecule has 0 saturated heterocycles. The maximum atomic E-state index is 12.4. The van der Waals surface area contributed by atoms with Gasteiger partial charge < -0.3 is 0 Å². The van der Waals surface area contributed by atoms with Crippen molar-refractivity contribution in [2.24, 2.45) is 0 Å². The van der Waals surface area contributed by atoms with Crippen LogP contribution in [-0.4, -0.2) is 26.0 Å². The van der Waals surface area contributed by atoms with Gasteiger partial charge in [-0.3, -0.25) is 0 Å². The molecule has 0 amide bonds. The fraction of sp³-hybridized carbons (Fsp3) is 0.231. The first-order valence-electron chi connectivity index (χ1n) is 5.78. The van der Waals surface area contributed by atoms with Gasteiger partial charge >= 0.3 is 0 Å². The summed E-state index contributed by atoms with van der Waals surface area (Å²) >= 11 is 6.18. The molecule has 1 aromatic heterocycles. The molecule has 0 aliphatic rings. The molecule has 0 aliphatic carbocycles. The predicted octanol–water partition coefficient (Wildman–Crippen LogP) is 4.05. The minimum Gasteiger partial charge on any atom is -0.206 e. The number of halogens is 1. The van der Waals surface area contributed by atoms with E-state index in [4.69, 9.17) is 0 Å². The quantitative estimate of drug-likeness (QED) is 0.721. The Kier molecular flexibility index (Phi) is 5.30. The Labute approximate surface area is 136 Å². The average Bonchev–Trinajstić information content (AvgIpc) is 2.87. The van der Waals surface area contributed by atoms with Crippen molar-refractivity contribution in [2.45, 2.75) is 15.6 Å². The van der Waals surface area contributed by atoms with E-state index in [0.29, 0.717) is 10.8 Å². The van der Waals surface area contributed by atoms with Crippen molar-refractivity contribution in [3.63, 3.8) is 0 Å². The van der Waals surface area contributed by atoms with Crippen LogP contribution in [-0.2, 0) is 16.6 Å². The second kappa shape index (κ2) is 6.62. The van der Waals surface area contributed by atoms with E-state index in [0.717, 1.165) is 9.35 Å². The van der Waals surface area contributed by atoms with Gasteiger partial charge in [-0.15, -0.1) is 23.1 Å². The Morgan fingerprint density at radius 1 is 1.20 bits per heavy atom. The number of sulfonamides is 1. The van der Waals surface area contributed by atoms with Gasteiger partial charge in [0.15, 0.2) is 0 Å². The van der Waals surface area contributed by atoms with Crippen LogP contribution in [0.25, 0.3) is 0 Å². The van der Waals surface area contributed by atoms with Gasteiger partial charge in [0.2, 0.25) is 0 Å². The lowest BCUT2D eigenvalue weighted by Gasteiger charge is -2.16. The van der Waals surface area contributed by atoms with Gasteiger partial charge in [0, 0.05) is 18.5 Å². The molecule has 0 spiro atoms. The molecule has 3 nitrogen and oxygen atoms in total. The highest BCUT2D eigenvalue weighted by atomic mass is 79.9. The summed E-state index contributed by atoms with van der Waals surface area (Å²) in [7, 11) is -1.81. The third-order valence-corrected chi connectivity index (χ3v) is 7.42. The molecule has 7 heteroatoms. The van der Waals surface area contributed by atoms with Crippen molar-refractivity contribution in [3.8, 4) is 0 Å². The van der Waals surface area contributed by atoms with Gasteiger partial charge in [-0.25, -0.2) is 8.42 Å². The molecule has 2 aromatic rings. The maximum absolute atomic E-state index is 12.4. The minimum atomic E-state index is -3.42. The van der Waals surface area contributed by atoms with Crippen LogP contribution >= 0.6 is 39.0 Å². The molecular formula is C13H14BrNO2S3. The van der Waals surface area contributed by atoms with Crippen molar-refractivity contribution >= 4 is 49.1 Å². The van der Waals surface area contributed by atoms with Crippen molar-refractivity contribution < 1.29 is 8.42 Å². The first-order chi connectivity index (χ1) is 9.43. The first kappa shape index (κ1) is 16.0. The Hall–Kier alpha value is -0.340. The zero-order valence-electron chi connectivity index (χ0n) is 11.0. The van der Waals surface area contributed by atoms with Crippen LogP contribution < -0.4 is 0 Å². The zero-order chi connectivity index (χ0) is 14.8. The summed E-state index contributed by atoms with van der Waals surface area (Å²) in [5.41, 5.74) is 0.976. The molecular weight excluding hydrogens is 378 g/mol. The van der Waals surface area contributed by atoms with Gasteiger partial charge in [-0.05, 0) is 52.0 Å². The molecule has 0 fully saturated rings. The van der Waals surface area contributed by atoms with E-state index in [9.17, 15) is 8.42 Å². The van der Waals surface area contributed by atoms with Crippen molar-refractivity contribution in [3.05, 3.63) is 45.7 Å². The molecule has 0 N–H and O–H groups in total. The van der Waals surface area contributed by atoms with Crippen LogP contribution in [0.3, 0.4) is 0 Å². The summed E-state index contributed by atoms with van der Waals surface area (Å²) in [6, 6.07) is 11.3. The monoisotopic (exact) mass is 391 g/mol. The van der Waals surface area contributed by atoms with Crippen LogP contribution in [0.4, 0.5) is 0 Å². The highest BCUT2D eigenvalue weighted by Crippen LogP contribution is 2.28. The molecule has 0 aliphatic heterocycles. The highest BCUT2D eigenvalue weighted by molar-refractivity contribution is 9.11. The third kappa shape index (κ3) is 3.65. The van der Waals surface area contributed by atoms with E-state index in [2.05, 4.69) is 15.9 Å². The van der Waals surface area contributed by atoms with E-state index >= 15 is 0 Å². The number of thioether (sulfide) groups is 1. The third-order valence-electron chi connectivity index (χ3n) is 2.78. The van der Waals surface area contributed by atoms with Crippen LogP contribution in [0.1, 0.15) is 5.56 Å². The predicted molar refractivity (Wildman–Crippen MR) is 88.9 cm³/mol. The van der Waals surface area contributed by atoms with Crippen LogP contribution in [0.2, 0.25) is 0 Å². The van der Waals surface area contributed by atoms with Crippen molar-refractivity contribution in [2.75, 3.05) is 13.3 Å². The van der Waals surface area contributed by atoms with Crippen molar-refractivity contribution in [1.82, 2.24) is 4.31 Å². The Morgan fingerprint density at radius 2 is 1.85 bits per heavy atom. The first-order valence-corrected chi connectivity index (χ1v) is 10.1. The van der Waals surface area contributed by atoms with E-state index in [1.807, 2.05) is 30.5 Å². The standard InChI is InChI=1S/C13H14BrNO2S3/c1-15(9-10-3-5-11(18-2)6-4-10)20(16,17)13-8-7-12(14)19-13/h3-8H,9H2,1-2H3. The van der Waals surface area contributed by atoms with E-state index in [1.165, 1.54) is 20.5 Å². The summed E-state index contributed by atoms with van der Waals surface area (Å²) in [5.74, 6) is 0. The Morgan fingerprint density at radius 3 is 2.35 bits per heavy atom. The van der Waals surface area contributed by atoms with Gasteiger partial charge in [0.05, 0.1) is 3.79 Å². The fourth-order valence-electron chi connectivity index (χ4n) is 1.66. The van der Waals surface area contributed by atoms with Crippen LogP contribution in [0, 0.1) is 0 Å². The van der Waals surface area contributed by atoms with Crippen molar-refractivity contribution in [1.29, 1.82) is 0 Å². The largest absolute Gasteiger partial charge is 0.252 e. The van der Waals surface area contributed by atoms with E-state index < -0.39 is 10.0 Å². The fourth-order valence-corrected chi connectivity index (χ4v) is 5.45. The molecule has 2 rings (SSSR count). The molecule has 0 radical (unpaired) electrons. The van der Waals surface area contributed by atoms with E-state index in [-0.39, 0.29) is 0 Å². The van der Waals surface area contributed by atoms with Gasteiger partial charge in [-0.1, -0.05) is 12.1 Å². The van der Waals surface area contributed by atoms with Gasteiger partial charge in [0.1, 0.15) is 4.21 Å². The average molecular weight is 392 g/mol. The zero-order valence-corrected chi connectivity index (χ0v) is 15.1. The van der Waals surface area contributed by atoms with Gasteiger partial charge in [0.25, 0.3) is 10.0 Å². The number of thiophene rings is 1. The van der Waals surface area contributed by atoms with Crippen LogP contribution in [0.5, 0.6) is 0 Å². The topological polar surface area (TPSA) is 37.4 Å². The molecule has 1 aromatic carbocycles. The summed E-state index contributed by atoms with van der Waals surface area (Å²) in [5, 5.41) is 0. The summed E-state index contributed by atoms with van der Waals surface area (Å²) < 4.78 is 27.3. The minimum absolute atomic E-state index is 0.354. The number of nitrogens with zero attached hydrogens (tertiary/aromatic N) is 1. The molecule has 0 unspecified atom stereocenters. The van der Waals surface area contributed by atoms with Crippen LogP contribution in [0.15, 0.2) is 49.3 Å². The van der Waals surface area contributed by atoms with E-state index in [1.54, 1.807) is 30.9 Å². The number of benzene rings is 1. The lowest BCUT2D eigenvalue weighted by atomic mass is 10.2.